The predicted molar refractivity (Wildman–Crippen MR) is 80.9 cm³/mol. The third-order valence-corrected chi connectivity index (χ3v) is 5.01. The fourth-order valence-corrected chi connectivity index (χ4v) is 3.48. The van der Waals surface area contributed by atoms with E-state index < -0.39 is 11.0 Å². The summed E-state index contributed by atoms with van der Waals surface area (Å²) < 4.78 is 0. The van der Waals surface area contributed by atoms with E-state index in [0.29, 0.717) is 13.1 Å². The Morgan fingerprint density at radius 3 is 2.45 bits per heavy atom. The van der Waals surface area contributed by atoms with Crippen molar-refractivity contribution >= 4 is 29.1 Å². The van der Waals surface area contributed by atoms with Crippen LogP contribution in [0.2, 0.25) is 0 Å². The van der Waals surface area contributed by atoms with Gasteiger partial charge >= 0.3 is 0 Å². The van der Waals surface area contributed by atoms with Gasteiger partial charge in [-0.15, -0.1) is 23.2 Å². The number of likely N-dealkylation sites (tertiary alicyclic amines) is 1. The van der Waals surface area contributed by atoms with Gasteiger partial charge in [0.1, 0.15) is 0 Å². The quantitative estimate of drug-likeness (QED) is 0.868. The number of hydrogen-bond acceptors (Lipinski definition) is 2. The van der Waals surface area contributed by atoms with Crippen molar-refractivity contribution in [1.82, 2.24) is 4.90 Å². The topological polar surface area (TPSA) is 40.5 Å². The third kappa shape index (κ3) is 2.67. The first kappa shape index (κ1) is 15.6. The lowest BCUT2D eigenvalue weighted by atomic mass is 9.87. The van der Waals surface area contributed by atoms with E-state index in [4.69, 9.17) is 23.2 Å². The molecule has 1 heterocycles. The van der Waals surface area contributed by atoms with E-state index in [1.54, 1.807) is 11.8 Å². The van der Waals surface area contributed by atoms with E-state index in [-0.39, 0.29) is 17.2 Å². The first-order valence-corrected chi connectivity index (χ1v) is 7.53. The SMILES string of the molecule is CC(Cl)[C@H]1CN(Cc2ccccc2)C(=O)[C@@]1(Cl)C(C)O. The summed E-state index contributed by atoms with van der Waals surface area (Å²) in [5, 5.41) is 9.66. The van der Waals surface area contributed by atoms with Gasteiger partial charge in [-0.2, -0.15) is 0 Å². The molecule has 0 aliphatic carbocycles. The van der Waals surface area contributed by atoms with Crippen molar-refractivity contribution in [3.05, 3.63) is 35.9 Å². The molecule has 0 spiro atoms. The number of aliphatic hydroxyl groups excluding tert-OH is 1. The maximum atomic E-state index is 12.6. The van der Waals surface area contributed by atoms with Crippen LogP contribution < -0.4 is 0 Å². The van der Waals surface area contributed by atoms with Crippen LogP contribution in [0.4, 0.5) is 0 Å². The zero-order valence-corrected chi connectivity index (χ0v) is 13.1. The minimum absolute atomic E-state index is 0.240. The van der Waals surface area contributed by atoms with Crippen LogP contribution in [0.25, 0.3) is 0 Å². The summed E-state index contributed by atoms with van der Waals surface area (Å²) in [7, 11) is 0. The van der Waals surface area contributed by atoms with Gasteiger partial charge in [0.25, 0.3) is 0 Å². The van der Waals surface area contributed by atoms with E-state index in [1.807, 2.05) is 37.3 Å². The van der Waals surface area contributed by atoms with Crippen LogP contribution >= 0.6 is 23.2 Å². The average Bonchev–Trinajstić information content (AvgIpc) is 2.66. The number of benzene rings is 1. The normalized spacial score (nSPS) is 29.6. The molecule has 2 rings (SSSR count). The molecule has 1 amide bonds. The highest BCUT2D eigenvalue weighted by Gasteiger charge is 2.57. The standard InChI is InChI=1S/C15H19Cl2NO2/c1-10(16)13-9-18(8-12-6-4-3-5-7-12)14(20)15(13,17)11(2)19/h3-7,10-11,13,19H,8-9H2,1-2H3/t10?,11?,13-,15-/m1/s1. The zero-order chi connectivity index (χ0) is 14.9. The molecule has 1 aromatic carbocycles. The molecule has 1 aliphatic heterocycles. The lowest BCUT2D eigenvalue weighted by Crippen LogP contribution is -2.48. The van der Waals surface area contributed by atoms with E-state index in [9.17, 15) is 9.90 Å². The molecule has 0 aromatic heterocycles. The average molecular weight is 316 g/mol. The summed E-state index contributed by atoms with van der Waals surface area (Å²) in [6.45, 7) is 4.31. The number of rotatable bonds is 4. The molecule has 4 atom stereocenters. The predicted octanol–water partition coefficient (Wildman–Crippen LogP) is 2.63. The summed E-state index contributed by atoms with van der Waals surface area (Å²) in [6, 6.07) is 9.72. The monoisotopic (exact) mass is 315 g/mol. The van der Waals surface area contributed by atoms with Crippen molar-refractivity contribution in [3.8, 4) is 0 Å². The molecule has 3 nitrogen and oxygen atoms in total. The molecule has 1 saturated heterocycles. The molecule has 1 aromatic rings. The molecule has 0 saturated carbocycles. The minimum Gasteiger partial charge on any atom is -0.391 e. The Hall–Kier alpha value is -0.770. The van der Waals surface area contributed by atoms with Crippen LogP contribution in [0.1, 0.15) is 19.4 Å². The van der Waals surface area contributed by atoms with Gasteiger partial charge in [-0.05, 0) is 19.4 Å². The fraction of sp³-hybridized carbons (Fsp3) is 0.533. The van der Waals surface area contributed by atoms with Gasteiger partial charge in [0, 0.05) is 24.4 Å². The zero-order valence-electron chi connectivity index (χ0n) is 11.6. The summed E-state index contributed by atoms with van der Waals surface area (Å²) >= 11 is 12.6. The first-order valence-electron chi connectivity index (χ1n) is 6.71. The Bertz CT molecular complexity index is 478. The van der Waals surface area contributed by atoms with Gasteiger partial charge in [-0.1, -0.05) is 30.3 Å². The summed E-state index contributed by atoms with van der Waals surface area (Å²) in [4.78, 5) is 12.9. The number of carbonyl (C=O) groups excluding carboxylic acids is 1. The number of nitrogens with zero attached hydrogens (tertiary/aromatic N) is 1. The number of hydrogen-bond donors (Lipinski definition) is 1. The van der Waals surface area contributed by atoms with Crippen molar-refractivity contribution in [1.29, 1.82) is 0 Å². The molecule has 20 heavy (non-hydrogen) atoms. The van der Waals surface area contributed by atoms with E-state index in [0.717, 1.165) is 5.56 Å². The lowest BCUT2D eigenvalue weighted by Gasteiger charge is -2.30. The van der Waals surface area contributed by atoms with Crippen LogP contribution in [0, 0.1) is 5.92 Å². The van der Waals surface area contributed by atoms with Crippen LogP contribution in [0.3, 0.4) is 0 Å². The second-order valence-electron chi connectivity index (χ2n) is 5.40. The van der Waals surface area contributed by atoms with Gasteiger partial charge in [0.2, 0.25) is 5.91 Å². The Labute approximate surface area is 129 Å². The largest absolute Gasteiger partial charge is 0.391 e. The highest BCUT2D eigenvalue weighted by Crippen LogP contribution is 2.42. The van der Waals surface area contributed by atoms with Crippen molar-refractivity contribution in [3.63, 3.8) is 0 Å². The van der Waals surface area contributed by atoms with Crippen LogP contribution in [0.15, 0.2) is 30.3 Å². The van der Waals surface area contributed by atoms with Crippen LogP contribution in [0.5, 0.6) is 0 Å². The Balaban J connectivity index is 2.24. The number of halogens is 2. The van der Waals surface area contributed by atoms with E-state index in [2.05, 4.69) is 0 Å². The molecule has 1 N–H and O–H groups in total. The van der Waals surface area contributed by atoms with Crippen LogP contribution in [-0.2, 0) is 11.3 Å². The second kappa shape index (κ2) is 5.92. The summed E-state index contributed by atoms with van der Waals surface area (Å²) in [5.74, 6) is -0.516. The minimum atomic E-state index is -1.32. The van der Waals surface area contributed by atoms with Crippen molar-refractivity contribution in [2.75, 3.05) is 6.54 Å². The van der Waals surface area contributed by atoms with Crippen molar-refractivity contribution in [2.24, 2.45) is 5.92 Å². The molecular formula is C15H19Cl2NO2. The Morgan fingerprint density at radius 2 is 2.00 bits per heavy atom. The number of alkyl halides is 2. The lowest BCUT2D eigenvalue weighted by molar-refractivity contribution is -0.132. The molecule has 0 bridgehead atoms. The maximum Gasteiger partial charge on any atom is 0.247 e. The molecule has 5 heteroatoms. The highest BCUT2D eigenvalue weighted by molar-refractivity contribution is 6.37. The second-order valence-corrected chi connectivity index (χ2v) is 6.71. The molecule has 0 radical (unpaired) electrons. The first-order chi connectivity index (χ1) is 9.37. The highest BCUT2D eigenvalue weighted by atomic mass is 35.5. The third-order valence-electron chi connectivity index (χ3n) is 3.95. The molecular weight excluding hydrogens is 297 g/mol. The van der Waals surface area contributed by atoms with E-state index in [1.165, 1.54) is 0 Å². The number of amides is 1. The molecule has 110 valence electrons. The maximum absolute atomic E-state index is 12.6. The molecule has 2 unspecified atom stereocenters. The van der Waals surface area contributed by atoms with Gasteiger partial charge < -0.3 is 10.0 Å². The van der Waals surface area contributed by atoms with Gasteiger partial charge in [0.15, 0.2) is 4.87 Å². The van der Waals surface area contributed by atoms with Crippen LogP contribution in [-0.4, -0.2) is 38.8 Å². The van der Waals surface area contributed by atoms with Crippen molar-refractivity contribution in [2.45, 2.75) is 36.7 Å². The number of carbonyl (C=O) groups is 1. The van der Waals surface area contributed by atoms with E-state index >= 15 is 0 Å². The molecule has 1 fully saturated rings. The fourth-order valence-electron chi connectivity index (χ4n) is 2.76. The number of aliphatic hydroxyl groups is 1. The molecule has 1 aliphatic rings. The smallest absolute Gasteiger partial charge is 0.247 e. The Kier molecular flexibility index (Phi) is 4.62. The van der Waals surface area contributed by atoms with Gasteiger partial charge in [-0.3, -0.25) is 4.79 Å². The van der Waals surface area contributed by atoms with Gasteiger partial charge in [0.05, 0.1) is 6.10 Å². The summed E-state index contributed by atoms with van der Waals surface area (Å²) in [6.07, 6.45) is -0.941. The van der Waals surface area contributed by atoms with Crippen molar-refractivity contribution < 1.29 is 9.90 Å². The summed E-state index contributed by atoms with van der Waals surface area (Å²) in [5.41, 5.74) is 1.04. The Morgan fingerprint density at radius 1 is 1.40 bits per heavy atom. The van der Waals surface area contributed by atoms with Gasteiger partial charge in [-0.25, -0.2) is 0 Å².